The third-order valence-corrected chi connectivity index (χ3v) is 4.03. The molecule has 0 fully saturated rings. The summed E-state index contributed by atoms with van der Waals surface area (Å²) in [7, 11) is 0. The van der Waals surface area contributed by atoms with Crippen LogP contribution in [0.4, 0.5) is 0 Å². The molecular formula is C18H34O2. The molecule has 0 aromatic carbocycles. The SMILES string of the molecule is C=C(CCCCCCCC(C)CCCCCC)C(=O)O. The fourth-order valence-corrected chi connectivity index (χ4v) is 2.53. The van der Waals surface area contributed by atoms with Crippen LogP contribution in [0.5, 0.6) is 0 Å². The smallest absolute Gasteiger partial charge is 0.330 e. The predicted molar refractivity (Wildman–Crippen MR) is 87.0 cm³/mol. The second kappa shape index (κ2) is 13.2. The van der Waals surface area contributed by atoms with Crippen molar-refractivity contribution >= 4 is 5.97 Å². The number of aliphatic carboxylic acids is 1. The fourth-order valence-electron chi connectivity index (χ4n) is 2.53. The average molecular weight is 282 g/mol. The third kappa shape index (κ3) is 12.3. The lowest BCUT2D eigenvalue weighted by atomic mass is 9.96. The van der Waals surface area contributed by atoms with Crippen LogP contribution in [-0.2, 0) is 4.79 Å². The molecule has 1 N–H and O–H groups in total. The number of carboxylic acids is 1. The number of rotatable bonds is 14. The Morgan fingerprint density at radius 3 is 2.00 bits per heavy atom. The van der Waals surface area contributed by atoms with Crippen LogP contribution in [0.15, 0.2) is 12.2 Å². The highest BCUT2D eigenvalue weighted by atomic mass is 16.4. The zero-order chi connectivity index (χ0) is 15.2. The molecular weight excluding hydrogens is 248 g/mol. The molecule has 1 unspecified atom stereocenters. The molecule has 0 saturated carbocycles. The predicted octanol–water partition coefficient (Wildman–Crippen LogP) is 5.96. The Morgan fingerprint density at radius 2 is 1.45 bits per heavy atom. The van der Waals surface area contributed by atoms with Crippen LogP contribution in [0.1, 0.15) is 90.9 Å². The maximum absolute atomic E-state index is 10.6. The van der Waals surface area contributed by atoms with Gasteiger partial charge in [0.05, 0.1) is 0 Å². The van der Waals surface area contributed by atoms with E-state index in [2.05, 4.69) is 20.4 Å². The number of carboxylic acid groups (broad SMARTS) is 1. The van der Waals surface area contributed by atoms with Gasteiger partial charge in [-0.25, -0.2) is 4.79 Å². The minimum atomic E-state index is -0.845. The minimum absolute atomic E-state index is 0.353. The van der Waals surface area contributed by atoms with Crippen molar-refractivity contribution in [3.63, 3.8) is 0 Å². The number of carbonyl (C=O) groups is 1. The van der Waals surface area contributed by atoms with Gasteiger partial charge >= 0.3 is 5.97 Å². The number of hydrogen-bond acceptors (Lipinski definition) is 1. The van der Waals surface area contributed by atoms with E-state index in [-0.39, 0.29) is 0 Å². The fraction of sp³-hybridized carbons (Fsp3) is 0.833. The number of unbranched alkanes of at least 4 members (excludes halogenated alkanes) is 7. The van der Waals surface area contributed by atoms with Gasteiger partial charge < -0.3 is 5.11 Å². The largest absolute Gasteiger partial charge is 0.478 e. The van der Waals surface area contributed by atoms with Gasteiger partial charge in [-0.1, -0.05) is 84.6 Å². The normalized spacial score (nSPS) is 12.3. The van der Waals surface area contributed by atoms with Crippen molar-refractivity contribution in [2.24, 2.45) is 5.92 Å². The molecule has 2 nitrogen and oxygen atoms in total. The second-order valence-corrected chi connectivity index (χ2v) is 6.17. The van der Waals surface area contributed by atoms with E-state index in [0.717, 1.165) is 18.8 Å². The third-order valence-electron chi connectivity index (χ3n) is 4.03. The van der Waals surface area contributed by atoms with Gasteiger partial charge in [-0.2, -0.15) is 0 Å². The van der Waals surface area contributed by atoms with Gasteiger partial charge in [-0.05, 0) is 18.8 Å². The first-order chi connectivity index (χ1) is 9.57. The van der Waals surface area contributed by atoms with Crippen LogP contribution in [0.2, 0.25) is 0 Å². The first-order valence-corrected chi connectivity index (χ1v) is 8.49. The maximum atomic E-state index is 10.6. The molecule has 0 saturated heterocycles. The molecule has 0 aliphatic carbocycles. The van der Waals surface area contributed by atoms with Crippen LogP contribution in [0.25, 0.3) is 0 Å². The molecule has 0 bridgehead atoms. The van der Waals surface area contributed by atoms with Crippen LogP contribution in [0, 0.1) is 5.92 Å². The Balaban J connectivity index is 3.26. The van der Waals surface area contributed by atoms with Crippen molar-refractivity contribution in [3.8, 4) is 0 Å². The van der Waals surface area contributed by atoms with Gasteiger partial charge in [0, 0.05) is 5.57 Å². The first-order valence-electron chi connectivity index (χ1n) is 8.49. The van der Waals surface area contributed by atoms with Crippen molar-refractivity contribution in [1.82, 2.24) is 0 Å². The Labute approximate surface area is 125 Å². The van der Waals surface area contributed by atoms with Gasteiger partial charge in [0.1, 0.15) is 0 Å². The Bertz CT molecular complexity index is 258. The molecule has 0 radical (unpaired) electrons. The summed E-state index contributed by atoms with van der Waals surface area (Å²) < 4.78 is 0. The highest BCUT2D eigenvalue weighted by Gasteiger charge is 2.04. The molecule has 1 atom stereocenters. The van der Waals surface area contributed by atoms with E-state index in [4.69, 9.17) is 5.11 Å². The van der Waals surface area contributed by atoms with Crippen molar-refractivity contribution in [3.05, 3.63) is 12.2 Å². The van der Waals surface area contributed by atoms with Gasteiger partial charge in [0.15, 0.2) is 0 Å². The molecule has 0 heterocycles. The van der Waals surface area contributed by atoms with Gasteiger partial charge in [0.25, 0.3) is 0 Å². The van der Waals surface area contributed by atoms with E-state index in [0.29, 0.717) is 12.0 Å². The molecule has 118 valence electrons. The highest BCUT2D eigenvalue weighted by Crippen LogP contribution is 2.18. The quantitative estimate of drug-likeness (QED) is 0.315. The first kappa shape index (κ1) is 19.2. The summed E-state index contributed by atoms with van der Waals surface area (Å²) in [6.07, 6.45) is 14.8. The lowest BCUT2D eigenvalue weighted by Gasteiger charge is -2.10. The summed E-state index contributed by atoms with van der Waals surface area (Å²) in [6.45, 7) is 8.19. The molecule has 0 spiro atoms. The van der Waals surface area contributed by atoms with E-state index >= 15 is 0 Å². The monoisotopic (exact) mass is 282 g/mol. The summed E-state index contributed by atoms with van der Waals surface area (Å²) in [5.74, 6) is 0.0283. The van der Waals surface area contributed by atoms with Crippen molar-refractivity contribution < 1.29 is 9.90 Å². The summed E-state index contributed by atoms with van der Waals surface area (Å²) in [5, 5.41) is 8.69. The average Bonchev–Trinajstić information content (AvgIpc) is 2.42. The van der Waals surface area contributed by atoms with E-state index < -0.39 is 5.97 Å². The van der Waals surface area contributed by atoms with Crippen LogP contribution in [0.3, 0.4) is 0 Å². The Hall–Kier alpha value is -0.790. The summed E-state index contributed by atoms with van der Waals surface area (Å²) >= 11 is 0. The molecule has 0 aromatic rings. The van der Waals surface area contributed by atoms with E-state index in [1.165, 1.54) is 57.8 Å². The van der Waals surface area contributed by atoms with Gasteiger partial charge in [0.2, 0.25) is 0 Å². The molecule has 0 aromatic heterocycles. The Morgan fingerprint density at radius 1 is 0.950 bits per heavy atom. The maximum Gasteiger partial charge on any atom is 0.330 e. The zero-order valence-corrected chi connectivity index (χ0v) is 13.6. The van der Waals surface area contributed by atoms with Gasteiger partial charge in [-0.15, -0.1) is 0 Å². The summed E-state index contributed by atoms with van der Waals surface area (Å²) in [6, 6.07) is 0. The standard InChI is InChI=1S/C18H34O2/c1-4-5-6-10-13-16(2)14-11-8-7-9-12-15-17(3)18(19)20/h16H,3-15H2,1-2H3,(H,19,20). The van der Waals surface area contributed by atoms with Crippen molar-refractivity contribution in [2.45, 2.75) is 90.9 Å². The Kier molecular flexibility index (Phi) is 12.7. The molecule has 0 rings (SSSR count). The molecule has 0 aliphatic heterocycles. The molecule has 2 heteroatoms. The van der Waals surface area contributed by atoms with Gasteiger partial charge in [-0.3, -0.25) is 0 Å². The summed E-state index contributed by atoms with van der Waals surface area (Å²) in [5.41, 5.74) is 0.353. The van der Waals surface area contributed by atoms with Crippen molar-refractivity contribution in [2.75, 3.05) is 0 Å². The van der Waals surface area contributed by atoms with E-state index in [1.807, 2.05) is 0 Å². The van der Waals surface area contributed by atoms with Crippen LogP contribution < -0.4 is 0 Å². The van der Waals surface area contributed by atoms with E-state index in [1.54, 1.807) is 0 Å². The minimum Gasteiger partial charge on any atom is -0.478 e. The topological polar surface area (TPSA) is 37.3 Å². The summed E-state index contributed by atoms with van der Waals surface area (Å²) in [4.78, 5) is 10.6. The molecule has 20 heavy (non-hydrogen) atoms. The van der Waals surface area contributed by atoms with Crippen molar-refractivity contribution in [1.29, 1.82) is 0 Å². The lowest BCUT2D eigenvalue weighted by Crippen LogP contribution is -1.98. The highest BCUT2D eigenvalue weighted by molar-refractivity contribution is 5.85. The molecule has 0 aliphatic rings. The van der Waals surface area contributed by atoms with Crippen LogP contribution in [-0.4, -0.2) is 11.1 Å². The second-order valence-electron chi connectivity index (χ2n) is 6.17. The number of hydrogen-bond donors (Lipinski definition) is 1. The lowest BCUT2D eigenvalue weighted by molar-refractivity contribution is -0.132. The zero-order valence-electron chi connectivity index (χ0n) is 13.6. The molecule has 0 amide bonds. The van der Waals surface area contributed by atoms with E-state index in [9.17, 15) is 4.79 Å². The van der Waals surface area contributed by atoms with Crippen LogP contribution >= 0.6 is 0 Å².